The largest absolute Gasteiger partial charge is 0.481 e. The van der Waals surface area contributed by atoms with E-state index in [9.17, 15) is 19.5 Å². The quantitative estimate of drug-likeness (QED) is 0.230. The van der Waals surface area contributed by atoms with Crippen molar-refractivity contribution in [1.82, 2.24) is 5.32 Å². The zero-order chi connectivity index (χ0) is 26.9. The van der Waals surface area contributed by atoms with Crippen LogP contribution in [0.1, 0.15) is 30.9 Å². The third kappa shape index (κ3) is 8.74. The van der Waals surface area contributed by atoms with Gasteiger partial charge >= 0.3 is 11.9 Å². The van der Waals surface area contributed by atoms with Gasteiger partial charge in [0.2, 0.25) is 5.91 Å². The number of aliphatic carboxylic acids is 2. The summed E-state index contributed by atoms with van der Waals surface area (Å²) in [6.07, 6.45) is 3.50. The van der Waals surface area contributed by atoms with Crippen LogP contribution in [-0.4, -0.2) is 34.1 Å². The molecule has 194 valence electrons. The molecule has 0 aliphatic heterocycles. The van der Waals surface area contributed by atoms with Crippen LogP contribution in [0.3, 0.4) is 0 Å². The number of thiophene rings is 1. The summed E-state index contributed by atoms with van der Waals surface area (Å²) in [5, 5.41) is 26.1. The standard InChI is InChI=1S/C28H27Cl2NO5S/c1-17(31-26(32)14-23(28(35)36)15-27(33)34)20(12-19-6-8-24(29)25(30)13-19)7-5-18-3-2-4-21(11-18)22-9-10-37-16-22/h2-11,13,16-17,20,23H,12,14-15H2,1H3,(H,31,32)(H,33,34)(H,35,36)/b7-5+. The summed E-state index contributed by atoms with van der Waals surface area (Å²) >= 11 is 13.9. The van der Waals surface area contributed by atoms with E-state index in [2.05, 4.69) is 22.8 Å². The summed E-state index contributed by atoms with van der Waals surface area (Å²) in [7, 11) is 0. The Balaban J connectivity index is 1.80. The van der Waals surface area contributed by atoms with E-state index in [1.165, 1.54) is 0 Å². The number of hydrogen-bond donors (Lipinski definition) is 3. The van der Waals surface area contributed by atoms with Gasteiger partial charge in [-0.2, -0.15) is 11.3 Å². The molecule has 3 atom stereocenters. The zero-order valence-corrected chi connectivity index (χ0v) is 22.4. The average Bonchev–Trinajstić information content (AvgIpc) is 3.38. The molecule has 1 aromatic heterocycles. The minimum atomic E-state index is -1.32. The number of rotatable bonds is 12. The number of carboxylic acid groups (broad SMARTS) is 2. The lowest BCUT2D eigenvalue weighted by atomic mass is 9.91. The van der Waals surface area contributed by atoms with Crippen molar-refractivity contribution in [2.45, 2.75) is 32.2 Å². The highest BCUT2D eigenvalue weighted by atomic mass is 35.5. The maximum Gasteiger partial charge on any atom is 0.307 e. The van der Waals surface area contributed by atoms with Crippen LogP contribution in [0.2, 0.25) is 10.0 Å². The molecule has 3 rings (SSSR count). The predicted molar refractivity (Wildman–Crippen MR) is 148 cm³/mol. The van der Waals surface area contributed by atoms with E-state index >= 15 is 0 Å². The molecule has 3 N–H and O–H groups in total. The first-order valence-electron chi connectivity index (χ1n) is 11.6. The molecule has 1 amide bonds. The van der Waals surface area contributed by atoms with Gasteiger partial charge in [-0.3, -0.25) is 14.4 Å². The van der Waals surface area contributed by atoms with Crippen molar-refractivity contribution in [1.29, 1.82) is 0 Å². The van der Waals surface area contributed by atoms with Crippen LogP contribution in [-0.2, 0) is 20.8 Å². The van der Waals surface area contributed by atoms with Crippen molar-refractivity contribution in [2.24, 2.45) is 11.8 Å². The highest BCUT2D eigenvalue weighted by Crippen LogP contribution is 2.27. The van der Waals surface area contributed by atoms with Gasteiger partial charge in [0.1, 0.15) is 0 Å². The molecule has 37 heavy (non-hydrogen) atoms. The maximum absolute atomic E-state index is 12.6. The Labute approximate surface area is 229 Å². The fraction of sp³-hybridized carbons (Fsp3) is 0.250. The Morgan fingerprint density at radius 1 is 1.00 bits per heavy atom. The second kappa shape index (κ2) is 13.4. The van der Waals surface area contributed by atoms with Crippen LogP contribution in [0, 0.1) is 11.8 Å². The molecule has 0 aliphatic rings. The summed E-state index contributed by atoms with van der Waals surface area (Å²) in [6, 6.07) is 15.2. The monoisotopic (exact) mass is 559 g/mol. The van der Waals surface area contributed by atoms with E-state index in [-0.39, 0.29) is 12.0 Å². The molecule has 0 fully saturated rings. The molecule has 2 aromatic carbocycles. The lowest BCUT2D eigenvalue weighted by Crippen LogP contribution is -2.40. The molecule has 0 spiro atoms. The average molecular weight is 560 g/mol. The van der Waals surface area contributed by atoms with Crippen molar-refractivity contribution in [3.05, 3.63) is 86.5 Å². The molecule has 6 nitrogen and oxygen atoms in total. The Bertz CT molecular complexity index is 1280. The molecular formula is C28H27Cl2NO5S. The number of carbonyl (C=O) groups is 3. The highest BCUT2D eigenvalue weighted by molar-refractivity contribution is 7.08. The molecule has 0 radical (unpaired) electrons. The lowest BCUT2D eigenvalue weighted by molar-refractivity contribution is -0.149. The number of carboxylic acids is 2. The van der Waals surface area contributed by atoms with Crippen LogP contribution >= 0.6 is 34.5 Å². The van der Waals surface area contributed by atoms with Gasteiger partial charge in [0.05, 0.1) is 22.4 Å². The Morgan fingerprint density at radius 3 is 2.43 bits per heavy atom. The van der Waals surface area contributed by atoms with Crippen molar-refractivity contribution in [3.8, 4) is 11.1 Å². The number of carbonyl (C=O) groups excluding carboxylic acids is 1. The Hall–Kier alpha value is -3.13. The molecule has 1 heterocycles. The Morgan fingerprint density at radius 2 is 1.78 bits per heavy atom. The molecule has 0 saturated carbocycles. The fourth-order valence-corrected chi connectivity index (χ4v) is 4.92. The zero-order valence-electron chi connectivity index (χ0n) is 20.1. The fourth-order valence-electron chi connectivity index (χ4n) is 3.94. The number of nitrogens with one attached hydrogen (secondary N) is 1. The summed E-state index contributed by atoms with van der Waals surface area (Å²) < 4.78 is 0. The predicted octanol–water partition coefficient (Wildman–Crippen LogP) is 6.66. The third-order valence-electron chi connectivity index (χ3n) is 5.97. The van der Waals surface area contributed by atoms with Crippen molar-refractivity contribution in [2.75, 3.05) is 0 Å². The minimum absolute atomic E-state index is 0.172. The van der Waals surface area contributed by atoms with Crippen LogP contribution < -0.4 is 5.32 Å². The third-order valence-corrected chi connectivity index (χ3v) is 7.39. The van der Waals surface area contributed by atoms with E-state index in [0.29, 0.717) is 16.5 Å². The van der Waals surface area contributed by atoms with Gasteiger partial charge in [-0.15, -0.1) is 0 Å². The first kappa shape index (κ1) is 28.4. The Kier molecular flexibility index (Phi) is 10.3. The number of halogens is 2. The van der Waals surface area contributed by atoms with E-state index in [1.54, 1.807) is 23.5 Å². The summed E-state index contributed by atoms with van der Waals surface area (Å²) in [6.45, 7) is 1.83. The van der Waals surface area contributed by atoms with Gasteiger partial charge in [0, 0.05) is 18.4 Å². The minimum Gasteiger partial charge on any atom is -0.481 e. The van der Waals surface area contributed by atoms with E-state index < -0.39 is 36.6 Å². The van der Waals surface area contributed by atoms with Crippen LogP contribution in [0.5, 0.6) is 0 Å². The van der Waals surface area contributed by atoms with Gasteiger partial charge in [0.25, 0.3) is 0 Å². The highest BCUT2D eigenvalue weighted by Gasteiger charge is 2.26. The van der Waals surface area contributed by atoms with Crippen molar-refractivity contribution < 1.29 is 24.6 Å². The van der Waals surface area contributed by atoms with Gasteiger partial charge in [-0.05, 0) is 70.6 Å². The van der Waals surface area contributed by atoms with Crippen molar-refractivity contribution in [3.63, 3.8) is 0 Å². The van der Waals surface area contributed by atoms with E-state index in [0.717, 1.165) is 22.3 Å². The second-order valence-electron chi connectivity index (χ2n) is 8.81. The first-order chi connectivity index (χ1) is 17.6. The molecule has 0 saturated heterocycles. The molecule has 0 aliphatic carbocycles. The van der Waals surface area contributed by atoms with Gasteiger partial charge < -0.3 is 15.5 Å². The van der Waals surface area contributed by atoms with Crippen LogP contribution in [0.15, 0.2) is 65.4 Å². The number of hydrogen-bond acceptors (Lipinski definition) is 4. The van der Waals surface area contributed by atoms with Crippen molar-refractivity contribution >= 4 is 58.5 Å². The molecule has 9 heteroatoms. The first-order valence-corrected chi connectivity index (χ1v) is 13.3. The van der Waals surface area contributed by atoms with Crippen LogP contribution in [0.4, 0.5) is 0 Å². The summed E-state index contributed by atoms with van der Waals surface area (Å²) in [5.74, 6) is -4.57. The molecular weight excluding hydrogens is 533 g/mol. The van der Waals surface area contributed by atoms with E-state index in [4.69, 9.17) is 28.3 Å². The van der Waals surface area contributed by atoms with E-state index in [1.807, 2.05) is 48.7 Å². The van der Waals surface area contributed by atoms with Gasteiger partial charge in [0.15, 0.2) is 0 Å². The number of benzene rings is 2. The maximum atomic E-state index is 12.6. The topological polar surface area (TPSA) is 104 Å². The smallest absolute Gasteiger partial charge is 0.307 e. The molecule has 0 bridgehead atoms. The summed E-state index contributed by atoms with van der Waals surface area (Å²) in [5.41, 5.74) is 4.16. The normalized spacial score (nSPS) is 13.7. The second-order valence-corrected chi connectivity index (χ2v) is 10.4. The van der Waals surface area contributed by atoms with Gasteiger partial charge in [-0.1, -0.05) is 59.6 Å². The number of amides is 1. The molecule has 3 aromatic rings. The summed E-state index contributed by atoms with van der Waals surface area (Å²) in [4.78, 5) is 35.0. The van der Waals surface area contributed by atoms with Crippen LogP contribution in [0.25, 0.3) is 17.2 Å². The lowest BCUT2D eigenvalue weighted by Gasteiger charge is -2.23. The molecule has 3 unspecified atom stereocenters. The SMILES string of the molecule is CC(NC(=O)CC(CC(=O)O)C(=O)O)C(/C=C/c1cccc(-c2ccsc2)c1)Cc1ccc(Cl)c(Cl)c1. The van der Waals surface area contributed by atoms with Gasteiger partial charge in [-0.25, -0.2) is 0 Å².